The maximum absolute atomic E-state index is 12.1. The van der Waals surface area contributed by atoms with Gasteiger partial charge in [0, 0.05) is 0 Å². The molecule has 0 saturated heterocycles. The molecule has 0 aliphatic rings. The van der Waals surface area contributed by atoms with Gasteiger partial charge in [-0.15, -0.1) is 0 Å². The molecule has 0 spiro atoms. The summed E-state index contributed by atoms with van der Waals surface area (Å²) in [5.74, 6) is -0.985. The van der Waals surface area contributed by atoms with Gasteiger partial charge in [-0.05, 0) is 33.3 Å². The van der Waals surface area contributed by atoms with Crippen molar-refractivity contribution in [1.82, 2.24) is 10.6 Å². The van der Waals surface area contributed by atoms with Gasteiger partial charge in [0.25, 0.3) is 0 Å². The Morgan fingerprint density at radius 2 is 1.84 bits per heavy atom. The van der Waals surface area contributed by atoms with Crippen LogP contribution in [0.5, 0.6) is 0 Å². The highest BCUT2D eigenvalue weighted by Crippen LogP contribution is 2.18. The van der Waals surface area contributed by atoms with E-state index in [2.05, 4.69) is 15.4 Å². The van der Waals surface area contributed by atoms with Crippen LogP contribution in [0.4, 0.5) is 4.79 Å². The smallest absolute Gasteiger partial charge is 0.325 e. The Balaban J connectivity index is 2.69. The van der Waals surface area contributed by atoms with Crippen molar-refractivity contribution in [2.24, 2.45) is 0 Å². The van der Waals surface area contributed by atoms with Crippen LogP contribution in [0.25, 0.3) is 0 Å². The van der Waals surface area contributed by atoms with Gasteiger partial charge in [0.1, 0.15) is 12.1 Å². The first-order valence-electron chi connectivity index (χ1n) is 8.00. The zero-order valence-corrected chi connectivity index (χ0v) is 15.3. The zero-order chi connectivity index (χ0) is 19.0. The van der Waals surface area contributed by atoms with E-state index in [0.29, 0.717) is 0 Å². The van der Waals surface area contributed by atoms with Crippen LogP contribution in [-0.4, -0.2) is 37.2 Å². The van der Waals surface area contributed by atoms with Crippen molar-refractivity contribution < 1.29 is 23.9 Å². The summed E-state index contributed by atoms with van der Waals surface area (Å²) in [6.07, 6.45) is -0.0141. The van der Waals surface area contributed by atoms with E-state index < -0.39 is 29.6 Å². The van der Waals surface area contributed by atoms with Gasteiger partial charge >= 0.3 is 18.0 Å². The lowest BCUT2D eigenvalue weighted by Crippen LogP contribution is -2.42. The van der Waals surface area contributed by atoms with Crippen molar-refractivity contribution >= 4 is 18.0 Å². The van der Waals surface area contributed by atoms with Crippen molar-refractivity contribution in [3.63, 3.8) is 0 Å². The molecule has 7 heteroatoms. The predicted octanol–water partition coefficient (Wildman–Crippen LogP) is 2.24. The number of benzene rings is 1. The van der Waals surface area contributed by atoms with E-state index in [-0.39, 0.29) is 13.0 Å². The van der Waals surface area contributed by atoms with E-state index in [0.717, 1.165) is 11.1 Å². The molecule has 2 amide bonds. The van der Waals surface area contributed by atoms with E-state index in [1.54, 1.807) is 20.8 Å². The molecule has 0 aliphatic heterocycles. The molecular weight excluding hydrogens is 324 g/mol. The quantitative estimate of drug-likeness (QED) is 0.768. The summed E-state index contributed by atoms with van der Waals surface area (Å²) in [5, 5.41) is 5.12. The van der Waals surface area contributed by atoms with Gasteiger partial charge in [0.15, 0.2) is 0 Å². The summed E-state index contributed by atoms with van der Waals surface area (Å²) in [6.45, 7) is 6.89. The molecule has 138 valence electrons. The fraction of sp³-hybridized carbons (Fsp3) is 0.500. The molecule has 7 nitrogen and oxygen atoms in total. The minimum atomic E-state index is -0.621. The third-order valence-electron chi connectivity index (χ3n) is 3.16. The van der Waals surface area contributed by atoms with Crippen molar-refractivity contribution in [3.05, 3.63) is 35.4 Å². The number of urea groups is 1. The molecule has 25 heavy (non-hydrogen) atoms. The van der Waals surface area contributed by atoms with Crippen LogP contribution in [0.2, 0.25) is 0 Å². The van der Waals surface area contributed by atoms with Gasteiger partial charge in [-0.2, -0.15) is 0 Å². The number of amides is 2. The Kier molecular flexibility index (Phi) is 7.42. The summed E-state index contributed by atoms with van der Waals surface area (Å²) in [4.78, 5) is 35.3. The topological polar surface area (TPSA) is 93.7 Å². The van der Waals surface area contributed by atoms with Crippen molar-refractivity contribution in [1.29, 1.82) is 0 Å². The fourth-order valence-corrected chi connectivity index (χ4v) is 2.13. The predicted molar refractivity (Wildman–Crippen MR) is 92.9 cm³/mol. The number of ether oxygens (including phenoxy) is 2. The Labute approximate surface area is 148 Å². The van der Waals surface area contributed by atoms with Crippen molar-refractivity contribution in [3.8, 4) is 0 Å². The molecule has 0 aliphatic carbocycles. The van der Waals surface area contributed by atoms with Gasteiger partial charge in [-0.3, -0.25) is 9.59 Å². The summed E-state index contributed by atoms with van der Waals surface area (Å²) >= 11 is 0. The van der Waals surface area contributed by atoms with Crippen molar-refractivity contribution in [2.75, 3.05) is 13.7 Å². The summed E-state index contributed by atoms with van der Waals surface area (Å²) in [7, 11) is 1.29. The summed E-state index contributed by atoms with van der Waals surface area (Å²) in [6, 6.07) is 6.32. The average Bonchev–Trinajstić information content (AvgIpc) is 2.50. The van der Waals surface area contributed by atoms with Gasteiger partial charge in [-0.1, -0.05) is 29.8 Å². The second kappa shape index (κ2) is 9.05. The normalized spacial score (nSPS) is 12.0. The Morgan fingerprint density at radius 1 is 1.16 bits per heavy atom. The van der Waals surface area contributed by atoms with E-state index in [1.807, 2.05) is 31.2 Å². The highest BCUT2D eigenvalue weighted by atomic mass is 16.6. The number of esters is 2. The number of carbonyl (C=O) groups is 3. The van der Waals surface area contributed by atoms with Crippen LogP contribution < -0.4 is 10.6 Å². The van der Waals surface area contributed by atoms with Crippen LogP contribution in [0.15, 0.2) is 24.3 Å². The molecule has 1 rings (SSSR count). The molecule has 1 unspecified atom stereocenters. The first-order valence-corrected chi connectivity index (χ1v) is 8.00. The van der Waals surface area contributed by atoms with Crippen LogP contribution in [-0.2, 0) is 19.1 Å². The van der Waals surface area contributed by atoms with Crippen LogP contribution >= 0.6 is 0 Å². The van der Waals surface area contributed by atoms with Gasteiger partial charge < -0.3 is 20.1 Å². The van der Waals surface area contributed by atoms with Crippen LogP contribution in [0.3, 0.4) is 0 Å². The molecule has 2 N–H and O–H groups in total. The molecule has 1 aromatic carbocycles. The standard InChI is InChI=1S/C18H26N2O5/c1-12-7-6-8-13(9-12)14(10-15(21)24-5)20-17(23)19-11-16(22)25-18(2,3)4/h6-9,14H,10-11H2,1-5H3,(H2,19,20,23). The van der Waals surface area contributed by atoms with Crippen LogP contribution in [0.1, 0.15) is 44.4 Å². The third-order valence-corrected chi connectivity index (χ3v) is 3.16. The summed E-state index contributed by atoms with van der Waals surface area (Å²) < 4.78 is 9.80. The number of carbonyl (C=O) groups excluding carboxylic acids is 3. The zero-order valence-electron chi connectivity index (χ0n) is 15.3. The molecule has 0 radical (unpaired) electrons. The Bertz CT molecular complexity index is 622. The average molecular weight is 350 g/mol. The largest absolute Gasteiger partial charge is 0.469 e. The number of hydrogen-bond donors (Lipinski definition) is 2. The Morgan fingerprint density at radius 3 is 2.40 bits per heavy atom. The first-order chi connectivity index (χ1) is 11.6. The molecule has 1 aromatic rings. The van der Waals surface area contributed by atoms with E-state index in [4.69, 9.17) is 4.74 Å². The van der Waals surface area contributed by atoms with Crippen LogP contribution in [0, 0.1) is 6.92 Å². The molecule has 1 atom stereocenters. The van der Waals surface area contributed by atoms with E-state index in [1.165, 1.54) is 7.11 Å². The molecule has 0 bridgehead atoms. The molecule has 0 heterocycles. The molecular formula is C18H26N2O5. The van der Waals surface area contributed by atoms with Gasteiger partial charge in [0.2, 0.25) is 0 Å². The minimum Gasteiger partial charge on any atom is -0.469 e. The lowest BCUT2D eigenvalue weighted by molar-refractivity contribution is -0.153. The number of rotatable bonds is 6. The number of nitrogens with one attached hydrogen (secondary N) is 2. The SMILES string of the molecule is COC(=O)CC(NC(=O)NCC(=O)OC(C)(C)C)c1cccc(C)c1. The van der Waals surface area contributed by atoms with E-state index in [9.17, 15) is 14.4 Å². The monoisotopic (exact) mass is 350 g/mol. The van der Waals surface area contributed by atoms with Crippen molar-refractivity contribution in [2.45, 2.75) is 45.8 Å². The lowest BCUT2D eigenvalue weighted by Gasteiger charge is -2.21. The lowest BCUT2D eigenvalue weighted by atomic mass is 10.0. The summed E-state index contributed by atoms with van der Waals surface area (Å²) in [5.41, 5.74) is 1.16. The first kappa shape index (κ1) is 20.5. The van der Waals surface area contributed by atoms with Gasteiger partial charge in [-0.25, -0.2) is 4.79 Å². The minimum absolute atomic E-state index is 0.0141. The van der Waals surface area contributed by atoms with Gasteiger partial charge in [0.05, 0.1) is 19.6 Å². The maximum Gasteiger partial charge on any atom is 0.325 e. The molecule has 0 saturated carbocycles. The highest BCUT2D eigenvalue weighted by Gasteiger charge is 2.20. The van der Waals surface area contributed by atoms with E-state index >= 15 is 0 Å². The maximum atomic E-state index is 12.1. The second-order valence-electron chi connectivity index (χ2n) is 6.66. The fourth-order valence-electron chi connectivity index (χ4n) is 2.13. The number of hydrogen-bond acceptors (Lipinski definition) is 5. The Hall–Kier alpha value is -2.57. The third kappa shape index (κ3) is 8.19. The highest BCUT2D eigenvalue weighted by molar-refractivity contribution is 5.81. The molecule has 0 fully saturated rings. The number of methoxy groups -OCH3 is 1. The second-order valence-corrected chi connectivity index (χ2v) is 6.66. The molecule has 0 aromatic heterocycles. The number of aryl methyl sites for hydroxylation is 1.